The molecule has 0 heterocycles. The van der Waals surface area contributed by atoms with E-state index in [1.807, 2.05) is 0 Å². The van der Waals surface area contributed by atoms with Gasteiger partial charge in [-0.05, 0) is 37.8 Å². The van der Waals surface area contributed by atoms with Crippen LogP contribution < -0.4 is 5.32 Å². The van der Waals surface area contributed by atoms with Crippen molar-refractivity contribution in [2.75, 3.05) is 0 Å². The van der Waals surface area contributed by atoms with Crippen molar-refractivity contribution < 1.29 is 18.3 Å². The maximum atomic E-state index is 12.6. The Bertz CT molecular complexity index is 436. The van der Waals surface area contributed by atoms with Gasteiger partial charge in [-0.15, -0.1) is 0 Å². The van der Waals surface area contributed by atoms with E-state index >= 15 is 0 Å². The van der Waals surface area contributed by atoms with Crippen LogP contribution in [0.5, 0.6) is 5.75 Å². The van der Waals surface area contributed by atoms with E-state index in [2.05, 4.69) is 5.32 Å². The minimum atomic E-state index is -4.08. The number of hydrogen-bond donors (Lipinski definition) is 2. The lowest BCUT2D eigenvalue weighted by molar-refractivity contribution is -0.182. The highest BCUT2D eigenvalue weighted by molar-refractivity contribution is 6.31. The van der Waals surface area contributed by atoms with E-state index in [0.717, 1.165) is 0 Å². The van der Waals surface area contributed by atoms with Crippen LogP contribution in [-0.4, -0.2) is 17.3 Å². The smallest absolute Gasteiger partial charge is 0.391 e. The summed E-state index contributed by atoms with van der Waals surface area (Å²) in [6, 6.07) is 4.92. The number of phenolic OH excluding ortho intramolecular Hbond substituents is 1. The van der Waals surface area contributed by atoms with Crippen LogP contribution in [0.25, 0.3) is 0 Å². The van der Waals surface area contributed by atoms with Crippen molar-refractivity contribution in [3.05, 3.63) is 28.8 Å². The average molecular weight is 308 g/mol. The Hall–Kier alpha value is -0.940. The molecule has 0 aliphatic heterocycles. The second-order valence-electron chi connectivity index (χ2n) is 5.21. The number of hydrogen-bond acceptors (Lipinski definition) is 2. The van der Waals surface area contributed by atoms with Gasteiger partial charge in [-0.2, -0.15) is 13.2 Å². The fourth-order valence-corrected chi connectivity index (χ4v) is 2.83. The summed E-state index contributed by atoms with van der Waals surface area (Å²) in [5, 5.41) is 13.3. The van der Waals surface area contributed by atoms with Gasteiger partial charge in [0.2, 0.25) is 0 Å². The molecule has 2 N–H and O–H groups in total. The summed E-state index contributed by atoms with van der Waals surface area (Å²) in [5.74, 6) is -1.07. The molecule has 0 atom stereocenters. The predicted octanol–water partition coefficient (Wildman–Crippen LogP) is 4.26. The van der Waals surface area contributed by atoms with Crippen LogP contribution >= 0.6 is 11.6 Å². The lowest BCUT2D eigenvalue weighted by atomic mass is 9.85. The van der Waals surface area contributed by atoms with Crippen LogP contribution in [0.1, 0.15) is 31.2 Å². The Kier molecular flexibility index (Phi) is 4.81. The first kappa shape index (κ1) is 15.4. The normalized spacial score (nSPS) is 23.8. The zero-order chi connectivity index (χ0) is 14.8. The fourth-order valence-electron chi connectivity index (χ4n) is 2.59. The maximum Gasteiger partial charge on any atom is 0.391 e. The van der Waals surface area contributed by atoms with Gasteiger partial charge in [0.05, 0.1) is 5.92 Å². The highest BCUT2D eigenvalue weighted by Gasteiger charge is 2.41. The molecule has 0 aromatic heterocycles. The molecule has 0 radical (unpaired) electrons. The molecule has 0 bridgehead atoms. The van der Waals surface area contributed by atoms with Crippen molar-refractivity contribution in [1.29, 1.82) is 0 Å². The van der Waals surface area contributed by atoms with Gasteiger partial charge < -0.3 is 10.4 Å². The number of alkyl halides is 3. The maximum absolute atomic E-state index is 12.6. The van der Waals surface area contributed by atoms with Gasteiger partial charge in [-0.3, -0.25) is 0 Å². The molecule has 0 amide bonds. The number of benzene rings is 1. The van der Waals surface area contributed by atoms with E-state index in [9.17, 15) is 18.3 Å². The topological polar surface area (TPSA) is 32.3 Å². The second kappa shape index (κ2) is 6.22. The highest BCUT2D eigenvalue weighted by atomic mass is 35.5. The Morgan fingerprint density at radius 3 is 2.40 bits per heavy atom. The van der Waals surface area contributed by atoms with Crippen molar-refractivity contribution in [3.8, 4) is 5.75 Å². The average Bonchev–Trinajstić information content (AvgIpc) is 2.37. The molecule has 2 rings (SSSR count). The van der Waals surface area contributed by atoms with Crippen LogP contribution in [0.4, 0.5) is 13.2 Å². The summed E-state index contributed by atoms with van der Waals surface area (Å²) < 4.78 is 37.7. The molecule has 1 aliphatic rings. The number of aromatic hydroxyl groups is 1. The van der Waals surface area contributed by atoms with Crippen LogP contribution in [0.2, 0.25) is 5.02 Å². The van der Waals surface area contributed by atoms with Crippen LogP contribution in [0, 0.1) is 5.92 Å². The molecular formula is C14H17ClF3NO. The summed E-state index contributed by atoms with van der Waals surface area (Å²) in [5.41, 5.74) is 0.590. The van der Waals surface area contributed by atoms with Crippen LogP contribution in [-0.2, 0) is 6.54 Å². The van der Waals surface area contributed by atoms with Gasteiger partial charge in [-0.1, -0.05) is 17.7 Å². The van der Waals surface area contributed by atoms with Gasteiger partial charge in [0, 0.05) is 23.2 Å². The zero-order valence-corrected chi connectivity index (χ0v) is 11.6. The minimum Gasteiger partial charge on any atom is -0.508 e. The Labute approximate surface area is 120 Å². The van der Waals surface area contributed by atoms with Crippen LogP contribution in [0.3, 0.4) is 0 Å². The lowest BCUT2D eigenvalue weighted by Gasteiger charge is -2.30. The van der Waals surface area contributed by atoms with Crippen LogP contribution in [0.15, 0.2) is 18.2 Å². The molecule has 112 valence electrons. The molecular weight excluding hydrogens is 291 g/mol. The first-order chi connectivity index (χ1) is 9.38. The standard InChI is InChI=1S/C14H17ClF3NO/c15-12-2-1-3-13(20)11(12)8-19-10-6-4-9(5-7-10)14(16,17)18/h1-3,9-10,19-20H,4-8H2. The van der Waals surface area contributed by atoms with Crippen molar-refractivity contribution in [3.63, 3.8) is 0 Å². The quantitative estimate of drug-likeness (QED) is 0.874. The summed E-state index contributed by atoms with van der Waals surface area (Å²) in [7, 11) is 0. The third-order valence-corrected chi connectivity index (χ3v) is 4.21. The van der Waals surface area contributed by atoms with Crippen molar-refractivity contribution in [1.82, 2.24) is 5.32 Å². The van der Waals surface area contributed by atoms with E-state index in [1.165, 1.54) is 0 Å². The number of halogens is 4. The monoisotopic (exact) mass is 307 g/mol. The Morgan fingerprint density at radius 2 is 1.85 bits per heavy atom. The number of phenols is 1. The van der Waals surface area contributed by atoms with Crippen molar-refractivity contribution >= 4 is 11.6 Å². The third-order valence-electron chi connectivity index (χ3n) is 3.85. The first-order valence-corrected chi connectivity index (χ1v) is 7.02. The summed E-state index contributed by atoms with van der Waals surface area (Å²) in [6.07, 6.45) is -2.76. The van der Waals surface area contributed by atoms with Gasteiger partial charge in [-0.25, -0.2) is 0 Å². The molecule has 0 spiro atoms. The summed E-state index contributed by atoms with van der Waals surface area (Å²) >= 11 is 5.98. The molecule has 20 heavy (non-hydrogen) atoms. The molecule has 1 aliphatic carbocycles. The minimum absolute atomic E-state index is 0.0456. The second-order valence-corrected chi connectivity index (χ2v) is 5.62. The molecule has 0 unspecified atom stereocenters. The van der Waals surface area contributed by atoms with E-state index in [0.29, 0.717) is 30.0 Å². The molecule has 1 aromatic carbocycles. The van der Waals surface area contributed by atoms with Crippen molar-refractivity contribution in [2.24, 2.45) is 5.92 Å². The van der Waals surface area contributed by atoms with Gasteiger partial charge >= 0.3 is 6.18 Å². The largest absolute Gasteiger partial charge is 0.508 e. The van der Waals surface area contributed by atoms with E-state index < -0.39 is 12.1 Å². The first-order valence-electron chi connectivity index (χ1n) is 6.64. The predicted molar refractivity (Wildman–Crippen MR) is 71.8 cm³/mol. The molecule has 1 aromatic rings. The number of rotatable bonds is 3. The molecule has 0 saturated heterocycles. The molecule has 6 heteroatoms. The van der Waals surface area contributed by atoms with Gasteiger partial charge in [0.25, 0.3) is 0 Å². The van der Waals surface area contributed by atoms with E-state index in [-0.39, 0.29) is 24.6 Å². The third kappa shape index (κ3) is 3.79. The number of nitrogens with one attached hydrogen (secondary N) is 1. The van der Waals surface area contributed by atoms with E-state index in [4.69, 9.17) is 11.6 Å². The Balaban J connectivity index is 1.85. The summed E-state index contributed by atoms with van der Waals surface area (Å²) in [4.78, 5) is 0. The van der Waals surface area contributed by atoms with Gasteiger partial charge in [0.15, 0.2) is 0 Å². The molecule has 1 saturated carbocycles. The molecule has 1 fully saturated rings. The summed E-state index contributed by atoms with van der Waals surface area (Å²) in [6.45, 7) is 0.368. The highest BCUT2D eigenvalue weighted by Crippen LogP contribution is 2.37. The van der Waals surface area contributed by atoms with Crippen molar-refractivity contribution in [2.45, 2.75) is 44.4 Å². The lowest BCUT2D eigenvalue weighted by Crippen LogP contribution is -2.36. The SMILES string of the molecule is Oc1cccc(Cl)c1CNC1CCC(C(F)(F)F)CC1. The molecule has 2 nitrogen and oxygen atoms in total. The Morgan fingerprint density at radius 1 is 1.20 bits per heavy atom. The van der Waals surface area contributed by atoms with E-state index in [1.54, 1.807) is 18.2 Å². The fraction of sp³-hybridized carbons (Fsp3) is 0.571. The zero-order valence-electron chi connectivity index (χ0n) is 10.9. The van der Waals surface area contributed by atoms with Gasteiger partial charge in [0.1, 0.15) is 5.75 Å².